The van der Waals surface area contributed by atoms with Crippen LogP contribution >= 0.6 is 0 Å². The second kappa shape index (κ2) is 12.5. The second-order valence-electron chi connectivity index (χ2n) is 10.2. The molecule has 1 N–H and O–H groups in total. The maximum Gasteiger partial charge on any atom is 0.251 e. The number of para-hydroxylation sites is 1. The Morgan fingerprint density at radius 3 is 2.37 bits per heavy atom. The number of aromatic nitrogens is 2. The van der Waals surface area contributed by atoms with Crippen molar-refractivity contribution in [2.45, 2.75) is 53.7 Å². The summed E-state index contributed by atoms with van der Waals surface area (Å²) < 4.78 is 13.6. The van der Waals surface area contributed by atoms with E-state index in [9.17, 15) is 4.79 Å². The molecule has 0 bridgehead atoms. The Labute approximate surface area is 225 Å². The molecule has 38 heavy (non-hydrogen) atoms. The van der Waals surface area contributed by atoms with Gasteiger partial charge in [0.2, 0.25) is 0 Å². The summed E-state index contributed by atoms with van der Waals surface area (Å²) in [6.07, 6.45) is 3.07. The summed E-state index contributed by atoms with van der Waals surface area (Å²) in [7, 11) is 0. The fourth-order valence-electron chi connectivity index (χ4n) is 4.09. The van der Waals surface area contributed by atoms with Gasteiger partial charge in [-0.05, 0) is 93.3 Å². The number of hydrogen-bond donors (Lipinski definition) is 1. The van der Waals surface area contributed by atoms with E-state index >= 15 is 0 Å². The van der Waals surface area contributed by atoms with Crippen molar-refractivity contribution in [2.75, 3.05) is 6.61 Å². The summed E-state index contributed by atoms with van der Waals surface area (Å²) in [4.78, 5) is 12.9. The van der Waals surface area contributed by atoms with Gasteiger partial charge in [-0.15, -0.1) is 0 Å². The van der Waals surface area contributed by atoms with Crippen molar-refractivity contribution in [3.05, 3.63) is 95.7 Å². The number of hydrogen-bond acceptors (Lipinski definition) is 4. The van der Waals surface area contributed by atoms with Crippen LogP contribution in [0.25, 0.3) is 16.9 Å². The summed E-state index contributed by atoms with van der Waals surface area (Å²) in [6.45, 7) is 11.4. The summed E-state index contributed by atoms with van der Waals surface area (Å²) >= 11 is 0. The molecule has 1 aromatic heterocycles. The average molecular weight is 512 g/mol. The third kappa shape index (κ3) is 7.03. The molecule has 4 rings (SSSR count). The molecular weight excluding hydrogens is 474 g/mol. The maximum absolute atomic E-state index is 12.9. The number of amides is 1. The van der Waals surface area contributed by atoms with E-state index in [0.29, 0.717) is 24.6 Å². The third-order valence-electron chi connectivity index (χ3n) is 6.14. The van der Waals surface area contributed by atoms with Crippen LogP contribution in [0.1, 0.15) is 55.6 Å². The number of aryl methyl sites for hydroxylation is 1. The highest BCUT2D eigenvalue weighted by Gasteiger charge is 2.16. The predicted molar refractivity (Wildman–Crippen MR) is 152 cm³/mol. The Morgan fingerprint density at radius 2 is 1.71 bits per heavy atom. The molecule has 4 aromatic rings. The first kappa shape index (κ1) is 27.0. The van der Waals surface area contributed by atoms with Crippen LogP contribution in [0.3, 0.4) is 0 Å². The van der Waals surface area contributed by atoms with Crippen molar-refractivity contribution in [3.8, 4) is 28.4 Å². The van der Waals surface area contributed by atoms with Crippen LogP contribution in [0.2, 0.25) is 0 Å². The largest absolute Gasteiger partial charge is 0.493 e. The average Bonchev–Trinajstić information content (AvgIpc) is 3.33. The number of rotatable bonds is 11. The first-order chi connectivity index (χ1) is 18.3. The number of ether oxygens (including phenoxy) is 2. The SMILES string of the molecule is Cc1cc(-c2nn(-c3ccccc3)cc2CNC(=O)c2ccc(OC(C)C)cc2)ccc1OCCC(C)C. The predicted octanol–water partition coefficient (Wildman–Crippen LogP) is 6.99. The first-order valence-corrected chi connectivity index (χ1v) is 13.2. The lowest BCUT2D eigenvalue weighted by molar-refractivity contribution is 0.0951. The zero-order valence-corrected chi connectivity index (χ0v) is 22.9. The normalized spacial score (nSPS) is 11.1. The van der Waals surface area contributed by atoms with Gasteiger partial charge in [-0.25, -0.2) is 4.68 Å². The van der Waals surface area contributed by atoms with Crippen molar-refractivity contribution in [1.29, 1.82) is 0 Å². The highest BCUT2D eigenvalue weighted by atomic mass is 16.5. The van der Waals surface area contributed by atoms with E-state index in [0.717, 1.165) is 46.0 Å². The lowest BCUT2D eigenvalue weighted by Gasteiger charge is -2.12. The molecule has 0 radical (unpaired) electrons. The lowest BCUT2D eigenvalue weighted by atomic mass is 10.0. The van der Waals surface area contributed by atoms with Crippen LogP contribution in [0.4, 0.5) is 0 Å². The van der Waals surface area contributed by atoms with Crippen molar-refractivity contribution in [3.63, 3.8) is 0 Å². The first-order valence-electron chi connectivity index (χ1n) is 13.2. The highest BCUT2D eigenvalue weighted by Crippen LogP contribution is 2.29. The minimum atomic E-state index is -0.149. The van der Waals surface area contributed by atoms with Gasteiger partial charge in [0.25, 0.3) is 5.91 Å². The van der Waals surface area contributed by atoms with Crippen LogP contribution < -0.4 is 14.8 Å². The fourth-order valence-corrected chi connectivity index (χ4v) is 4.09. The van der Waals surface area contributed by atoms with Gasteiger partial charge in [-0.3, -0.25) is 4.79 Å². The van der Waals surface area contributed by atoms with Crippen LogP contribution in [-0.4, -0.2) is 28.4 Å². The van der Waals surface area contributed by atoms with Gasteiger partial charge in [0.1, 0.15) is 11.5 Å². The second-order valence-corrected chi connectivity index (χ2v) is 10.2. The van der Waals surface area contributed by atoms with Gasteiger partial charge in [0, 0.05) is 29.4 Å². The van der Waals surface area contributed by atoms with Crippen molar-refractivity contribution in [1.82, 2.24) is 15.1 Å². The molecule has 1 amide bonds. The Morgan fingerprint density at radius 1 is 0.974 bits per heavy atom. The lowest BCUT2D eigenvalue weighted by Crippen LogP contribution is -2.22. The molecule has 0 aliphatic heterocycles. The van der Waals surface area contributed by atoms with E-state index in [1.54, 1.807) is 12.1 Å². The molecule has 0 atom stereocenters. The molecule has 1 heterocycles. The van der Waals surface area contributed by atoms with Gasteiger partial charge < -0.3 is 14.8 Å². The molecule has 0 unspecified atom stereocenters. The minimum Gasteiger partial charge on any atom is -0.493 e. The van der Waals surface area contributed by atoms with Gasteiger partial charge in [-0.1, -0.05) is 32.0 Å². The topological polar surface area (TPSA) is 65.4 Å². The molecule has 0 spiro atoms. The Bertz CT molecular complexity index is 1340. The zero-order chi connectivity index (χ0) is 27.1. The van der Waals surface area contributed by atoms with E-state index in [1.165, 1.54) is 0 Å². The van der Waals surface area contributed by atoms with Crippen molar-refractivity contribution >= 4 is 5.91 Å². The molecule has 0 saturated heterocycles. The number of carbonyl (C=O) groups is 1. The van der Waals surface area contributed by atoms with E-state index in [1.807, 2.05) is 79.3 Å². The molecular formula is C32H37N3O3. The Balaban J connectivity index is 1.56. The van der Waals surface area contributed by atoms with Crippen molar-refractivity contribution in [2.24, 2.45) is 5.92 Å². The van der Waals surface area contributed by atoms with E-state index in [2.05, 4.69) is 32.2 Å². The van der Waals surface area contributed by atoms with Gasteiger partial charge >= 0.3 is 0 Å². The number of nitrogens with one attached hydrogen (secondary N) is 1. The quantitative estimate of drug-likeness (QED) is 0.236. The number of nitrogens with zero attached hydrogens (tertiary/aromatic N) is 2. The Hall–Kier alpha value is -4.06. The van der Waals surface area contributed by atoms with E-state index in [-0.39, 0.29) is 12.0 Å². The van der Waals surface area contributed by atoms with E-state index in [4.69, 9.17) is 14.6 Å². The molecule has 198 valence electrons. The van der Waals surface area contributed by atoms with Crippen LogP contribution in [0, 0.1) is 12.8 Å². The fraction of sp³-hybridized carbons (Fsp3) is 0.312. The summed E-state index contributed by atoms with van der Waals surface area (Å²) in [5, 5.41) is 7.96. The molecule has 0 aliphatic rings. The molecule has 0 fully saturated rings. The molecule has 3 aromatic carbocycles. The van der Waals surface area contributed by atoms with Gasteiger partial charge in [0.15, 0.2) is 0 Å². The smallest absolute Gasteiger partial charge is 0.251 e. The van der Waals surface area contributed by atoms with Crippen LogP contribution in [-0.2, 0) is 6.54 Å². The van der Waals surface area contributed by atoms with Crippen LogP contribution in [0.5, 0.6) is 11.5 Å². The Kier molecular flexibility index (Phi) is 8.85. The van der Waals surface area contributed by atoms with Crippen molar-refractivity contribution < 1.29 is 14.3 Å². The molecule has 0 aliphatic carbocycles. The van der Waals surface area contributed by atoms with Crippen LogP contribution in [0.15, 0.2) is 79.0 Å². The third-order valence-corrected chi connectivity index (χ3v) is 6.14. The summed E-state index contributed by atoms with van der Waals surface area (Å²) in [5.41, 5.74) is 5.32. The molecule has 0 saturated carbocycles. The number of benzene rings is 3. The van der Waals surface area contributed by atoms with E-state index < -0.39 is 0 Å². The van der Waals surface area contributed by atoms with Gasteiger partial charge in [-0.2, -0.15) is 5.10 Å². The maximum atomic E-state index is 12.9. The minimum absolute atomic E-state index is 0.0820. The summed E-state index contributed by atoms with van der Waals surface area (Å²) in [5.74, 6) is 2.08. The highest BCUT2D eigenvalue weighted by molar-refractivity contribution is 5.94. The zero-order valence-electron chi connectivity index (χ0n) is 22.9. The number of carbonyl (C=O) groups excluding carboxylic acids is 1. The molecule has 6 nitrogen and oxygen atoms in total. The monoisotopic (exact) mass is 511 g/mol. The summed E-state index contributed by atoms with van der Waals surface area (Å²) in [6, 6.07) is 23.3. The molecule has 6 heteroatoms. The standard InChI is InChI=1S/C32H37N3O3/c1-22(2)17-18-37-30-16-13-26(19-24(30)5)31-27(21-35(34-31)28-9-7-6-8-10-28)20-33-32(36)25-11-14-29(15-12-25)38-23(3)4/h6-16,19,21-23H,17-18,20H2,1-5H3,(H,33,36). The van der Waals surface area contributed by atoms with Gasteiger partial charge in [0.05, 0.1) is 24.1 Å².